The van der Waals surface area contributed by atoms with Crippen molar-refractivity contribution < 1.29 is 19.1 Å². The topological polar surface area (TPSA) is 82.4 Å². The Morgan fingerprint density at radius 2 is 2.00 bits per heavy atom. The zero-order valence-corrected chi connectivity index (χ0v) is 16.2. The molecule has 0 spiro atoms. The number of aryl methyl sites for hydroxylation is 3. The molecule has 0 bridgehead atoms. The van der Waals surface area contributed by atoms with Crippen molar-refractivity contribution in [3.8, 4) is 5.75 Å². The Hall–Kier alpha value is -2.54. The summed E-state index contributed by atoms with van der Waals surface area (Å²) >= 11 is 5.94. The Bertz CT molecular complexity index is 832. The second-order valence-electron chi connectivity index (χ2n) is 5.99. The molecule has 0 radical (unpaired) electrons. The Balaban J connectivity index is 1.87. The number of benzene rings is 1. The van der Waals surface area contributed by atoms with Gasteiger partial charge in [-0.05, 0) is 51.5 Å². The van der Waals surface area contributed by atoms with E-state index in [0.717, 1.165) is 11.3 Å². The van der Waals surface area contributed by atoms with Crippen molar-refractivity contribution in [2.24, 2.45) is 7.05 Å². The van der Waals surface area contributed by atoms with Crippen LogP contribution in [-0.4, -0.2) is 34.4 Å². The molecule has 7 nitrogen and oxygen atoms in total. The quantitative estimate of drug-likeness (QED) is 0.780. The predicted molar refractivity (Wildman–Crippen MR) is 98.5 cm³/mol. The maximum absolute atomic E-state index is 12.2. The van der Waals surface area contributed by atoms with Crippen molar-refractivity contribution in [1.82, 2.24) is 9.78 Å². The van der Waals surface area contributed by atoms with Gasteiger partial charge in [-0.15, -0.1) is 0 Å². The smallest absolute Gasteiger partial charge is 0.344 e. The van der Waals surface area contributed by atoms with Crippen LogP contribution >= 0.6 is 11.6 Å². The second kappa shape index (κ2) is 8.23. The van der Waals surface area contributed by atoms with Crippen LogP contribution < -0.4 is 10.1 Å². The summed E-state index contributed by atoms with van der Waals surface area (Å²) in [7, 11) is 1.79. The summed E-state index contributed by atoms with van der Waals surface area (Å²) in [6.07, 6.45) is -0.961. The molecule has 2 rings (SSSR count). The van der Waals surface area contributed by atoms with E-state index in [-0.39, 0.29) is 6.61 Å². The van der Waals surface area contributed by atoms with Gasteiger partial charge in [0.05, 0.1) is 17.1 Å². The minimum atomic E-state index is -0.961. The average molecular weight is 380 g/mol. The number of amides is 1. The fourth-order valence-corrected chi connectivity index (χ4v) is 2.43. The second-order valence-corrected chi connectivity index (χ2v) is 6.40. The lowest BCUT2D eigenvalue weighted by molar-refractivity contribution is -0.155. The van der Waals surface area contributed by atoms with Gasteiger partial charge in [0.15, 0.2) is 12.7 Å². The SMILES string of the molecule is Cc1cc(OCC(=O)O[C@H](C)C(=O)Nc2c(C)nn(C)c2C)ccc1Cl. The first kappa shape index (κ1) is 19.8. The van der Waals surface area contributed by atoms with Crippen LogP contribution in [0.3, 0.4) is 0 Å². The van der Waals surface area contributed by atoms with Crippen LogP contribution in [0.1, 0.15) is 23.9 Å². The number of aromatic nitrogens is 2. The third-order valence-electron chi connectivity index (χ3n) is 3.92. The summed E-state index contributed by atoms with van der Waals surface area (Å²) in [5.74, 6) is -0.567. The maximum Gasteiger partial charge on any atom is 0.344 e. The maximum atomic E-state index is 12.2. The van der Waals surface area contributed by atoms with E-state index < -0.39 is 18.0 Å². The molecule has 0 aliphatic heterocycles. The molecule has 0 aliphatic rings. The fourth-order valence-electron chi connectivity index (χ4n) is 2.31. The molecule has 1 N–H and O–H groups in total. The lowest BCUT2D eigenvalue weighted by Gasteiger charge is -2.14. The number of halogens is 1. The van der Waals surface area contributed by atoms with E-state index in [4.69, 9.17) is 21.1 Å². The first-order valence-electron chi connectivity index (χ1n) is 8.08. The largest absolute Gasteiger partial charge is 0.482 e. The van der Waals surface area contributed by atoms with E-state index in [1.165, 1.54) is 6.92 Å². The van der Waals surface area contributed by atoms with Gasteiger partial charge in [-0.25, -0.2) is 4.79 Å². The lowest BCUT2D eigenvalue weighted by Crippen LogP contribution is -2.32. The third-order valence-corrected chi connectivity index (χ3v) is 4.34. The minimum absolute atomic E-state index is 0.302. The van der Waals surface area contributed by atoms with Gasteiger partial charge >= 0.3 is 5.97 Å². The molecule has 1 amide bonds. The van der Waals surface area contributed by atoms with Crippen molar-refractivity contribution in [3.05, 3.63) is 40.2 Å². The van der Waals surface area contributed by atoms with Crippen LogP contribution in [0.2, 0.25) is 5.02 Å². The number of nitrogens with one attached hydrogen (secondary N) is 1. The lowest BCUT2D eigenvalue weighted by atomic mass is 10.2. The minimum Gasteiger partial charge on any atom is -0.482 e. The molecule has 0 aliphatic carbocycles. The number of nitrogens with zero attached hydrogens (tertiary/aromatic N) is 2. The summed E-state index contributed by atoms with van der Waals surface area (Å²) in [4.78, 5) is 24.1. The number of esters is 1. The molecule has 1 heterocycles. The normalized spacial score (nSPS) is 11.8. The third kappa shape index (κ3) is 4.76. The van der Waals surface area contributed by atoms with E-state index in [2.05, 4.69) is 10.4 Å². The van der Waals surface area contributed by atoms with E-state index in [1.807, 2.05) is 13.8 Å². The zero-order valence-electron chi connectivity index (χ0n) is 15.4. The molecule has 1 aromatic heterocycles. The van der Waals surface area contributed by atoms with Crippen LogP contribution in [0.5, 0.6) is 5.75 Å². The molecule has 0 saturated carbocycles. The van der Waals surface area contributed by atoms with Crippen LogP contribution in [0.25, 0.3) is 0 Å². The molecule has 0 unspecified atom stereocenters. The molecular formula is C18H22ClN3O4. The summed E-state index contributed by atoms with van der Waals surface area (Å²) in [5.41, 5.74) is 2.97. The summed E-state index contributed by atoms with van der Waals surface area (Å²) in [6, 6.07) is 5.07. The number of hydrogen-bond donors (Lipinski definition) is 1. The molecular weight excluding hydrogens is 358 g/mol. The molecule has 0 saturated heterocycles. The van der Waals surface area contributed by atoms with Gasteiger partial charge in [-0.2, -0.15) is 5.10 Å². The van der Waals surface area contributed by atoms with E-state index >= 15 is 0 Å². The highest BCUT2D eigenvalue weighted by molar-refractivity contribution is 6.31. The Labute approximate surface area is 157 Å². The van der Waals surface area contributed by atoms with Crippen molar-refractivity contribution in [2.45, 2.75) is 33.8 Å². The highest BCUT2D eigenvalue weighted by Crippen LogP contribution is 2.21. The number of rotatable bonds is 6. The molecule has 26 heavy (non-hydrogen) atoms. The van der Waals surface area contributed by atoms with E-state index in [0.29, 0.717) is 22.2 Å². The molecule has 1 atom stereocenters. The van der Waals surface area contributed by atoms with E-state index in [1.54, 1.807) is 36.9 Å². The fraction of sp³-hybridized carbons (Fsp3) is 0.389. The first-order chi connectivity index (χ1) is 12.2. The molecule has 140 valence electrons. The van der Waals surface area contributed by atoms with Gasteiger partial charge in [0.2, 0.25) is 0 Å². The Morgan fingerprint density at radius 1 is 1.31 bits per heavy atom. The summed E-state index contributed by atoms with van der Waals surface area (Å²) in [5, 5.41) is 7.58. The molecule has 0 fully saturated rings. The standard InChI is InChI=1S/C18H22ClN3O4/c1-10-8-14(6-7-15(10)19)25-9-16(23)26-13(4)18(24)20-17-11(2)21-22(5)12(17)3/h6-8,13H,9H2,1-5H3,(H,20,24)/t13-/m1/s1. The number of carbonyl (C=O) groups is 2. The molecule has 1 aromatic carbocycles. The number of anilines is 1. The Kier molecular flexibility index (Phi) is 6.26. The Morgan fingerprint density at radius 3 is 2.58 bits per heavy atom. The van der Waals surface area contributed by atoms with Crippen LogP contribution in [0, 0.1) is 20.8 Å². The van der Waals surface area contributed by atoms with Gasteiger partial charge in [0, 0.05) is 12.1 Å². The molecule has 2 aromatic rings. The van der Waals surface area contributed by atoms with Crippen LogP contribution in [0.15, 0.2) is 18.2 Å². The van der Waals surface area contributed by atoms with Crippen molar-refractivity contribution in [3.63, 3.8) is 0 Å². The average Bonchev–Trinajstić information content (AvgIpc) is 2.82. The van der Waals surface area contributed by atoms with Gasteiger partial charge in [-0.1, -0.05) is 11.6 Å². The van der Waals surface area contributed by atoms with Crippen molar-refractivity contribution in [2.75, 3.05) is 11.9 Å². The number of carbonyl (C=O) groups excluding carboxylic acids is 2. The molecule has 8 heteroatoms. The van der Waals surface area contributed by atoms with Crippen molar-refractivity contribution >= 4 is 29.2 Å². The van der Waals surface area contributed by atoms with Crippen LogP contribution in [0.4, 0.5) is 5.69 Å². The number of hydrogen-bond acceptors (Lipinski definition) is 5. The van der Waals surface area contributed by atoms with Gasteiger partial charge in [-0.3, -0.25) is 9.48 Å². The first-order valence-corrected chi connectivity index (χ1v) is 8.46. The highest BCUT2D eigenvalue weighted by Gasteiger charge is 2.21. The van der Waals surface area contributed by atoms with Gasteiger partial charge < -0.3 is 14.8 Å². The summed E-state index contributed by atoms with van der Waals surface area (Å²) in [6.45, 7) is 6.67. The van der Waals surface area contributed by atoms with Gasteiger partial charge in [0.25, 0.3) is 5.91 Å². The van der Waals surface area contributed by atoms with Gasteiger partial charge in [0.1, 0.15) is 5.75 Å². The highest BCUT2D eigenvalue weighted by atomic mass is 35.5. The number of ether oxygens (including phenoxy) is 2. The van der Waals surface area contributed by atoms with Crippen LogP contribution in [-0.2, 0) is 21.4 Å². The van der Waals surface area contributed by atoms with E-state index in [9.17, 15) is 9.59 Å². The van der Waals surface area contributed by atoms with Crippen molar-refractivity contribution in [1.29, 1.82) is 0 Å². The summed E-state index contributed by atoms with van der Waals surface area (Å²) < 4.78 is 12.2. The predicted octanol–water partition coefficient (Wildman–Crippen LogP) is 2.95. The monoisotopic (exact) mass is 379 g/mol. The zero-order chi connectivity index (χ0) is 19.4.